The molecule has 3 aliphatic heterocycles. The Morgan fingerprint density at radius 2 is 1.74 bits per heavy atom. The van der Waals surface area contributed by atoms with Gasteiger partial charge in [-0.25, -0.2) is 4.79 Å². The number of ether oxygens (including phenoxy) is 5. The second kappa shape index (κ2) is 10.7. The number of esters is 1. The number of benzene rings is 1. The predicted molar refractivity (Wildman–Crippen MR) is 165 cm³/mol. The van der Waals surface area contributed by atoms with Gasteiger partial charge in [-0.15, -0.1) is 0 Å². The average molecular weight is 637 g/mol. The Bertz CT molecular complexity index is 1410. The number of carbonyl (C=O) groups excluding carboxylic acids is 2. The molecule has 0 spiro atoms. The molecule has 3 heterocycles. The fraction of sp³-hybridized carbons (Fsp3) is 0.730. The summed E-state index contributed by atoms with van der Waals surface area (Å²) < 4.78 is 31.1. The molecule has 0 bridgehead atoms. The number of cyclic esters (lactones) is 1. The first-order valence-corrected chi connectivity index (χ1v) is 17.4. The van der Waals surface area contributed by atoms with Gasteiger partial charge in [0.05, 0.1) is 34.9 Å². The molecule has 46 heavy (non-hydrogen) atoms. The van der Waals surface area contributed by atoms with Crippen molar-refractivity contribution in [1.82, 2.24) is 0 Å². The van der Waals surface area contributed by atoms with E-state index in [0.29, 0.717) is 51.6 Å². The van der Waals surface area contributed by atoms with E-state index in [2.05, 4.69) is 6.92 Å². The molecular formula is C37H48O9. The maximum atomic E-state index is 13.2. The fourth-order valence-electron chi connectivity index (χ4n) is 11.5. The van der Waals surface area contributed by atoms with Crippen LogP contribution in [0.15, 0.2) is 42.0 Å². The topological polar surface area (TPSA) is 121 Å². The van der Waals surface area contributed by atoms with E-state index in [0.717, 1.165) is 36.7 Å². The first-order valence-electron chi connectivity index (χ1n) is 17.4. The third-order valence-corrected chi connectivity index (χ3v) is 13.8. The summed E-state index contributed by atoms with van der Waals surface area (Å²) in [5, 5.41) is 24.9. The number of aliphatic hydroxyl groups is 2. The zero-order valence-corrected chi connectivity index (χ0v) is 27.2. The molecule has 9 heteroatoms. The van der Waals surface area contributed by atoms with Crippen LogP contribution in [0.1, 0.15) is 90.5 Å². The lowest BCUT2D eigenvalue weighted by molar-refractivity contribution is -0.278. The molecule has 4 aliphatic carbocycles. The second-order valence-corrected chi connectivity index (χ2v) is 15.8. The third kappa shape index (κ3) is 4.34. The minimum absolute atomic E-state index is 0.0827. The molecule has 13 atom stereocenters. The average Bonchev–Trinajstić information content (AvgIpc) is 3.70. The van der Waals surface area contributed by atoms with E-state index in [1.165, 1.54) is 0 Å². The monoisotopic (exact) mass is 636 g/mol. The summed E-state index contributed by atoms with van der Waals surface area (Å²) in [7, 11) is 0. The normalized spacial score (nSPS) is 51.3. The van der Waals surface area contributed by atoms with Crippen molar-refractivity contribution in [2.75, 3.05) is 6.61 Å². The van der Waals surface area contributed by atoms with Crippen LogP contribution in [0.25, 0.3) is 0 Å². The number of aldehydes is 1. The lowest BCUT2D eigenvalue weighted by Gasteiger charge is -2.65. The van der Waals surface area contributed by atoms with E-state index < -0.39 is 34.1 Å². The summed E-state index contributed by atoms with van der Waals surface area (Å²) in [6, 6.07) is 9.94. The summed E-state index contributed by atoms with van der Waals surface area (Å²) in [6.07, 6.45) is 7.33. The molecule has 0 amide bonds. The molecule has 2 saturated heterocycles. The summed E-state index contributed by atoms with van der Waals surface area (Å²) in [6.45, 7) is 6.41. The number of hydrogen-bond acceptors (Lipinski definition) is 9. The van der Waals surface area contributed by atoms with Crippen LogP contribution in [-0.2, 0) is 39.1 Å². The van der Waals surface area contributed by atoms with Crippen LogP contribution in [0, 0.1) is 28.6 Å². The van der Waals surface area contributed by atoms with E-state index in [1.54, 1.807) is 6.08 Å². The quantitative estimate of drug-likeness (QED) is 0.269. The molecule has 1 aromatic rings. The first kappa shape index (κ1) is 31.1. The lowest BCUT2D eigenvalue weighted by atomic mass is 9.41. The maximum Gasteiger partial charge on any atom is 0.331 e. The van der Waals surface area contributed by atoms with Crippen molar-refractivity contribution in [3.05, 3.63) is 47.5 Å². The summed E-state index contributed by atoms with van der Waals surface area (Å²) >= 11 is 0. The third-order valence-electron chi connectivity index (χ3n) is 13.8. The molecule has 4 saturated carbocycles. The van der Waals surface area contributed by atoms with Gasteiger partial charge in [0.25, 0.3) is 0 Å². The van der Waals surface area contributed by atoms with Crippen molar-refractivity contribution in [3.63, 3.8) is 0 Å². The van der Waals surface area contributed by atoms with Crippen molar-refractivity contribution >= 4 is 12.3 Å². The molecule has 9 nitrogen and oxygen atoms in total. The highest BCUT2D eigenvalue weighted by atomic mass is 16.8. The Balaban J connectivity index is 0.969. The van der Waals surface area contributed by atoms with Crippen LogP contribution in [0.3, 0.4) is 0 Å². The SMILES string of the molecule is C[C@H]1O[C@@H](O[C@H]2CC[C@]3(C=O)[C@H]4CC[C@]5(C)[C@@H](C6=CC(=O)OC6)CC[C@]5(O)[C@@H]4CC[C@]3(O)C2)C[C@@H]2O[C@](C)(c3ccccc3)O[C@@H]21. The van der Waals surface area contributed by atoms with Crippen molar-refractivity contribution < 1.29 is 43.5 Å². The largest absolute Gasteiger partial charge is 0.458 e. The first-order chi connectivity index (χ1) is 21.9. The van der Waals surface area contributed by atoms with Gasteiger partial charge < -0.3 is 38.7 Å². The van der Waals surface area contributed by atoms with Gasteiger partial charge >= 0.3 is 5.97 Å². The molecule has 2 N–H and O–H groups in total. The minimum Gasteiger partial charge on any atom is -0.458 e. The molecule has 8 rings (SSSR count). The lowest BCUT2D eigenvalue weighted by Crippen LogP contribution is -2.69. The standard InChI is InChI=1S/C37H48O9/c1-22-32-29(45-34(3,46-32)24-7-5-4-6-8-24)18-31(43-22)44-25-9-14-35(21-38)27-10-13-33(2)26(23-17-30(39)42-20-23)12-16-37(33,41)28(27)11-15-36(35,40)19-25/h4-8,17,21-22,25-29,31-32,40-41H,9-16,18-20H2,1-3H3/t22-,25+,26-,27+,28-,29+,31+,32-,33-,34+,35+,36+,37+/m1/s1. The molecule has 7 aliphatic rings. The van der Waals surface area contributed by atoms with Crippen molar-refractivity contribution in [1.29, 1.82) is 0 Å². The van der Waals surface area contributed by atoms with Crippen LogP contribution >= 0.6 is 0 Å². The Kier molecular flexibility index (Phi) is 7.23. The number of carbonyl (C=O) groups is 2. The van der Waals surface area contributed by atoms with Crippen LogP contribution in [-0.4, -0.2) is 71.0 Å². The summed E-state index contributed by atoms with van der Waals surface area (Å²) in [5.74, 6) is -1.27. The van der Waals surface area contributed by atoms with Crippen LogP contribution in [0.2, 0.25) is 0 Å². The molecule has 0 unspecified atom stereocenters. The molecule has 6 fully saturated rings. The molecule has 250 valence electrons. The molecule has 0 aromatic heterocycles. The van der Waals surface area contributed by atoms with Crippen molar-refractivity contribution in [2.24, 2.45) is 28.6 Å². The van der Waals surface area contributed by atoms with Gasteiger partial charge in [-0.3, -0.25) is 0 Å². The number of fused-ring (bicyclic) bond motifs is 6. The van der Waals surface area contributed by atoms with Crippen LogP contribution in [0.5, 0.6) is 0 Å². The van der Waals surface area contributed by atoms with Crippen LogP contribution < -0.4 is 0 Å². The zero-order valence-electron chi connectivity index (χ0n) is 27.2. The highest BCUT2D eigenvalue weighted by molar-refractivity contribution is 5.85. The second-order valence-electron chi connectivity index (χ2n) is 15.8. The van der Waals surface area contributed by atoms with Gasteiger partial charge in [-0.2, -0.15) is 0 Å². The Morgan fingerprint density at radius 3 is 2.48 bits per heavy atom. The van der Waals surface area contributed by atoms with E-state index in [1.807, 2.05) is 44.2 Å². The van der Waals surface area contributed by atoms with Gasteiger partial charge in [-0.05, 0) is 88.5 Å². The maximum absolute atomic E-state index is 13.2. The Morgan fingerprint density at radius 1 is 0.957 bits per heavy atom. The summed E-state index contributed by atoms with van der Waals surface area (Å²) in [5.41, 5.74) is -1.55. The Hall–Kier alpha value is -2.14. The summed E-state index contributed by atoms with van der Waals surface area (Å²) in [4.78, 5) is 25.1. The van der Waals surface area contributed by atoms with Gasteiger partial charge in [0.2, 0.25) is 0 Å². The molecule has 0 radical (unpaired) electrons. The van der Waals surface area contributed by atoms with Gasteiger partial charge in [0.1, 0.15) is 19.0 Å². The van der Waals surface area contributed by atoms with E-state index >= 15 is 0 Å². The van der Waals surface area contributed by atoms with Gasteiger partial charge in [0.15, 0.2) is 12.1 Å². The fourth-order valence-corrected chi connectivity index (χ4v) is 11.5. The highest BCUT2D eigenvalue weighted by Gasteiger charge is 2.71. The van der Waals surface area contributed by atoms with E-state index in [4.69, 9.17) is 23.7 Å². The van der Waals surface area contributed by atoms with Gasteiger partial charge in [0, 0.05) is 29.9 Å². The highest BCUT2D eigenvalue weighted by Crippen LogP contribution is 2.70. The molecule has 1 aromatic carbocycles. The van der Waals surface area contributed by atoms with E-state index in [-0.39, 0.29) is 48.1 Å². The molecular weight excluding hydrogens is 588 g/mol. The Labute approximate surface area is 270 Å². The smallest absolute Gasteiger partial charge is 0.331 e. The van der Waals surface area contributed by atoms with Gasteiger partial charge in [-0.1, -0.05) is 37.3 Å². The van der Waals surface area contributed by atoms with Crippen molar-refractivity contribution in [2.45, 2.75) is 133 Å². The van der Waals surface area contributed by atoms with Crippen LogP contribution in [0.4, 0.5) is 0 Å². The number of hydrogen-bond donors (Lipinski definition) is 2. The van der Waals surface area contributed by atoms with E-state index in [9.17, 15) is 19.8 Å². The minimum atomic E-state index is -1.21. The van der Waals surface area contributed by atoms with Crippen molar-refractivity contribution in [3.8, 4) is 0 Å². The predicted octanol–water partition coefficient (Wildman–Crippen LogP) is 4.71. The number of rotatable bonds is 5. The zero-order chi connectivity index (χ0) is 32.1.